The predicted octanol–water partition coefficient (Wildman–Crippen LogP) is 1.19. The van der Waals surface area contributed by atoms with Crippen molar-refractivity contribution in [2.75, 3.05) is 27.2 Å². The first-order valence-corrected chi connectivity index (χ1v) is 6.99. The average Bonchev–Trinajstić information content (AvgIpc) is 2.83. The van der Waals surface area contributed by atoms with Crippen LogP contribution in [-0.2, 0) is 0 Å². The molecule has 0 spiro atoms. The minimum absolute atomic E-state index is 0.0523. The third-order valence-corrected chi connectivity index (χ3v) is 4.17. The molecule has 1 amide bonds. The molecule has 18 heavy (non-hydrogen) atoms. The van der Waals surface area contributed by atoms with Crippen LogP contribution in [0.15, 0.2) is 12.1 Å². The quantitative estimate of drug-likeness (QED) is 0.895. The molecule has 2 unspecified atom stereocenters. The van der Waals surface area contributed by atoms with Gasteiger partial charge in [0.15, 0.2) is 0 Å². The van der Waals surface area contributed by atoms with Gasteiger partial charge in [-0.2, -0.15) is 0 Å². The van der Waals surface area contributed by atoms with E-state index in [0.717, 1.165) is 16.3 Å². The number of aliphatic hydroxyl groups excluding tert-OH is 1. The third-order valence-electron chi connectivity index (χ3n) is 3.18. The summed E-state index contributed by atoms with van der Waals surface area (Å²) in [5.41, 5.74) is 0. The largest absolute Gasteiger partial charge is 0.391 e. The van der Waals surface area contributed by atoms with Crippen molar-refractivity contribution >= 4 is 17.2 Å². The predicted molar refractivity (Wildman–Crippen MR) is 73.1 cm³/mol. The number of amides is 1. The molecule has 2 heterocycles. The lowest BCUT2D eigenvalue weighted by Gasteiger charge is -2.26. The molecule has 1 aliphatic heterocycles. The van der Waals surface area contributed by atoms with E-state index in [0.29, 0.717) is 13.0 Å². The van der Waals surface area contributed by atoms with Crippen LogP contribution in [0.1, 0.15) is 21.0 Å². The van der Waals surface area contributed by atoms with E-state index < -0.39 is 0 Å². The van der Waals surface area contributed by atoms with Gasteiger partial charge >= 0.3 is 0 Å². The van der Waals surface area contributed by atoms with Gasteiger partial charge in [0.2, 0.25) is 0 Å². The molecule has 0 aromatic carbocycles. The molecule has 0 radical (unpaired) electrons. The third kappa shape index (κ3) is 2.91. The fraction of sp³-hybridized carbons (Fsp3) is 0.615. The van der Waals surface area contributed by atoms with E-state index in [1.807, 2.05) is 38.1 Å². The zero-order chi connectivity index (χ0) is 13.3. The zero-order valence-corrected chi connectivity index (χ0v) is 11.9. The molecular weight excluding hydrogens is 248 g/mol. The monoisotopic (exact) mass is 268 g/mol. The number of thiophene rings is 1. The molecule has 1 aliphatic rings. The number of carbonyl (C=O) groups is 1. The molecule has 0 aliphatic carbocycles. The van der Waals surface area contributed by atoms with Gasteiger partial charge in [-0.15, -0.1) is 11.3 Å². The number of rotatable bonds is 3. The SMILES string of the molecule is Cc1ccc(C(=O)N2CC(O)CC2CN(C)C)s1. The fourth-order valence-electron chi connectivity index (χ4n) is 2.43. The minimum atomic E-state index is -0.389. The van der Waals surface area contributed by atoms with E-state index in [2.05, 4.69) is 4.90 Å². The van der Waals surface area contributed by atoms with Crippen molar-refractivity contribution in [3.8, 4) is 0 Å². The molecule has 2 rings (SSSR count). The summed E-state index contributed by atoms with van der Waals surface area (Å²) in [6.45, 7) is 3.25. The summed E-state index contributed by atoms with van der Waals surface area (Å²) in [6.07, 6.45) is 0.286. The maximum atomic E-state index is 12.4. The van der Waals surface area contributed by atoms with Crippen LogP contribution in [0, 0.1) is 6.92 Å². The van der Waals surface area contributed by atoms with Crippen LogP contribution < -0.4 is 0 Å². The van der Waals surface area contributed by atoms with Gasteiger partial charge in [-0.05, 0) is 39.6 Å². The topological polar surface area (TPSA) is 43.8 Å². The summed E-state index contributed by atoms with van der Waals surface area (Å²) in [5, 5.41) is 9.77. The van der Waals surface area contributed by atoms with Crippen molar-refractivity contribution < 1.29 is 9.90 Å². The van der Waals surface area contributed by atoms with E-state index >= 15 is 0 Å². The summed E-state index contributed by atoms with van der Waals surface area (Å²) in [5.74, 6) is 0.0523. The molecule has 5 heteroatoms. The van der Waals surface area contributed by atoms with Crippen molar-refractivity contribution in [3.63, 3.8) is 0 Å². The molecule has 1 saturated heterocycles. The maximum Gasteiger partial charge on any atom is 0.264 e. The second kappa shape index (κ2) is 5.38. The molecule has 4 nitrogen and oxygen atoms in total. The lowest BCUT2D eigenvalue weighted by Crippen LogP contribution is -2.41. The van der Waals surface area contributed by atoms with Gasteiger partial charge in [0.25, 0.3) is 5.91 Å². The first kappa shape index (κ1) is 13.5. The Kier molecular flexibility index (Phi) is 4.04. The number of carbonyl (C=O) groups excluding carboxylic acids is 1. The maximum absolute atomic E-state index is 12.4. The number of likely N-dealkylation sites (N-methyl/N-ethyl adjacent to an activating group) is 1. The van der Waals surface area contributed by atoms with Crippen LogP contribution in [0.5, 0.6) is 0 Å². The summed E-state index contributed by atoms with van der Waals surface area (Å²) in [7, 11) is 3.98. The van der Waals surface area contributed by atoms with E-state index in [-0.39, 0.29) is 18.1 Å². The molecule has 1 N–H and O–H groups in total. The van der Waals surface area contributed by atoms with E-state index in [1.54, 1.807) is 0 Å². The van der Waals surface area contributed by atoms with E-state index in [4.69, 9.17) is 0 Å². The second-order valence-electron chi connectivity index (χ2n) is 5.17. The summed E-state index contributed by atoms with van der Waals surface area (Å²) < 4.78 is 0. The highest BCUT2D eigenvalue weighted by atomic mass is 32.1. The highest BCUT2D eigenvalue weighted by Crippen LogP contribution is 2.24. The Morgan fingerprint density at radius 1 is 1.56 bits per heavy atom. The number of aryl methyl sites for hydroxylation is 1. The second-order valence-corrected chi connectivity index (χ2v) is 6.46. The first-order chi connectivity index (χ1) is 8.47. The number of nitrogens with zero attached hydrogens (tertiary/aromatic N) is 2. The highest BCUT2D eigenvalue weighted by molar-refractivity contribution is 7.13. The Bertz CT molecular complexity index is 430. The molecule has 0 saturated carbocycles. The molecule has 2 atom stereocenters. The van der Waals surface area contributed by atoms with Crippen LogP contribution in [0.3, 0.4) is 0 Å². The number of β-amino-alcohol motifs (C(OH)–C–C–N with tert-alkyl or cyclic N) is 1. The van der Waals surface area contributed by atoms with E-state index in [9.17, 15) is 9.90 Å². The molecule has 1 fully saturated rings. The minimum Gasteiger partial charge on any atom is -0.391 e. The Morgan fingerprint density at radius 2 is 2.28 bits per heavy atom. The van der Waals surface area contributed by atoms with Gasteiger partial charge in [-0.25, -0.2) is 0 Å². The van der Waals surface area contributed by atoms with Crippen LogP contribution in [0.4, 0.5) is 0 Å². The number of likely N-dealkylation sites (tertiary alicyclic amines) is 1. The van der Waals surface area contributed by atoms with Crippen molar-refractivity contribution in [2.24, 2.45) is 0 Å². The Hall–Kier alpha value is -0.910. The Labute approximate surface area is 112 Å². The van der Waals surface area contributed by atoms with Crippen LogP contribution in [0.25, 0.3) is 0 Å². The van der Waals surface area contributed by atoms with Crippen molar-refractivity contribution in [1.29, 1.82) is 0 Å². The smallest absolute Gasteiger partial charge is 0.264 e. The zero-order valence-electron chi connectivity index (χ0n) is 11.1. The van der Waals surface area contributed by atoms with Crippen LogP contribution in [0.2, 0.25) is 0 Å². The lowest BCUT2D eigenvalue weighted by atomic mass is 10.2. The first-order valence-electron chi connectivity index (χ1n) is 6.17. The Morgan fingerprint density at radius 3 is 2.83 bits per heavy atom. The number of hydrogen-bond acceptors (Lipinski definition) is 4. The molecule has 1 aromatic rings. The highest BCUT2D eigenvalue weighted by Gasteiger charge is 2.35. The fourth-order valence-corrected chi connectivity index (χ4v) is 3.25. The molecule has 100 valence electrons. The van der Waals surface area contributed by atoms with Crippen molar-refractivity contribution in [3.05, 3.63) is 21.9 Å². The average molecular weight is 268 g/mol. The van der Waals surface area contributed by atoms with Crippen molar-refractivity contribution in [1.82, 2.24) is 9.80 Å². The van der Waals surface area contributed by atoms with E-state index in [1.165, 1.54) is 11.3 Å². The normalized spacial score (nSPS) is 23.9. The molecule has 0 bridgehead atoms. The van der Waals surface area contributed by atoms with Gasteiger partial charge in [-0.3, -0.25) is 4.79 Å². The molecule has 1 aromatic heterocycles. The van der Waals surface area contributed by atoms with Crippen LogP contribution >= 0.6 is 11.3 Å². The lowest BCUT2D eigenvalue weighted by molar-refractivity contribution is 0.0704. The van der Waals surface area contributed by atoms with Gasteiger partial charge in [0.05, 0.1) is 11.0 Å². The van der Waals surface area contributed by atoms with Crippen LogP contribution in [-0.4, -0.2) is 60.1 Å². The number of aliphatic hydroxyl groups is 1. The summed E-state index contributed by atoms with van der Waals surface area (Å²) in [6, 6.07) is 3.95. The number of hydrogen-bond donors (Lipinski definition) is 1. The van der Waals surface area contributed by atoms with Crippen molar-refractivity contribution in [2.45, 2.75) is 25.5 Å². The van der Waals surface area contributed by atoms with Gasteiger partial charge < -0.3 is 14.9 Å². The standard InChI is InChI=1S/C13H20N2O2S/c1-9-4-5-12(18-9)13(17)15-8-11(16)6-10(15)7-14(2)3/h4-5,10-11,16H,6-8H2,1-3H3. The van der Waals surface area contributed by atoms with Gasteiger partial charge in [-0.1, -0.05) is 0 Å². The molecular formula is C13H20N2O2S. The summed E-state index contributed by atoms with van der Waals surface area (Å²) >= 11 is 1.52. The van der Waals surface area contributed by atoms with Gasteiger partial charge in [0, 0.05) is 24.0 Å². The van der Waals surface area contributed by atoms with Gasteiger partial charge in [0.1, 0.15) is 0 Å². The summed E-state index contributed by atoms with van der Waals surface area (Å²) in [4.78, 5) is 18.2. The Balaban J connectivity index is 2.12.